The quantitative estimate of drug-likeness (QED) is 0.496. The molecule has 0 aliphatic carbocycles. The molecular weight excluding hydrogens is 394 g/mol. The van der Waals surface area contributed by atoms with Crippen LogP contribution in [0.1, 0.15) is 28.4 Å². The van der Waals surface area contributed by atoms with Gasteiger partial charge in [-0.15, -0.1) is 0 Å². The minimum Gasteiger partial charge on any atom is -0.466 e. The van der Waals surface area contributed by atoms with Crippen LogP contribution in [0, 0.1) is 11.6 Å². The molecule has 154 valence electrons. The van der Waals surface area contributed by atoms with Crippen molar-refractivity contribution in [2.24, 2.45) is 0 Å². The largest absolute Gasteiger partial charge is 0.466 e. The molecule has 0 aliphatic rings. The lowest BCUT2D eigenvalue weighted by molar-refractivity contribution is -0.140. The second-order valence-electron chi connectivity index (χ2n) is 6.52. The summed E-state index contributed by atoms with van der Waals surface area (Å²) < 4.78 is 33.2. The van der Waals surface area contributed by atoms with Crippen molar-refractivity contribution in [1.29, 1.82) is 0 Å². The zero-order valence-corrected chi connectivity index (χ0v) is 16.0. The summed E-state index contributed by atoms with van der Waals surface area (Å²) in [6.07, 6.45) is 0.493. The summed E-state index contributed by atoms with van der Waals surface area (Å²) >= 11 is 0. The molecule has 2 N–H and O–H groups in total. The highest BCUT2D eigenvalue weighted by atomic mass is 19.1. The fourth-order valence-corrected chi connectivity index (χ4v) is 2.96. The molecule has 0 radical (unpaired) electrons. The van der Waals surface area contributed by atoms with E-state index in [0.717, 1.165) is 28.3 Å². The molecule has 0 unspecified atom stereocenters. The molecule has 0 aliphatic heterocycles. The Morgan fingerprint density at radius 1 is 1.00 bits per heavy atom. The van der Waals surface area contributed by atoms with Crippen LogP contribution in [-0.2, 0) is 16.0 Å². The fraction of sp³-hybridized carbons (Fsp3) is 0.136. The monoisotopic (exact) mass is 412 g/mol. The molecule has 30 heavy (non-hydrogen) atoms. The molecule has 3 aromatic rings. The van der Waals surface area contributed by atoms with Crippen LogP contribution in [0.3, 0.4) is 0 Å². The van der Waals surface area contributed by atoms with Crippen LogP contribution in [0.4, 0.5) is 14.6 Å². The van der Waals surface area contributed by atoms with Gasteiger partial charge in [-0.1, -0.05) is 12.1 Å². The predicted molar refractivity (Wildman–Crippen MR) is 107 cm³/mol. The summed E-state index contributed by atoms with van der Waals surface area (Å²) in [5, 5.41) is 0. The summed E-state index contributed by atoms with van der Waals surface area (Å²) in [4.78, 5) is 35.9. The molecule has 1 aromatic heterocycles. The predicted octanol–water partition coefficient (Wildman–Crippen LogP) is 3.03. The summed E-state index contributed by atoms with van der Waals surface area (Å²) in [6, 6.07) is 11.7. The third-order valence-corrected chi connectivity index (χ3v) is 4.44. The number of rotatable bonds is 6. The van der Waals surface area contributed by atoms with Gasteiger partial charge in [0.05, 0.1) is 23.4 Å². The van der Waals surface area contributed by atoms with Crippen LogP contribution in [0.15, 0.2) is 59.4 Å². The molecule has 0 saturated heterocycles. The first kappa shape index (κ1) is 20.9. The van der Waals surface area contributed by atoms with Gasteiger partial charge in [-0.05, 0) is 35.9 Å². The molecule has 0 amide bonds. The second-order valence-corrected chi connectivity index (χ2v) is 6.52. The number of nitrogen functional groups attached to an aromatic ring is 1. The van der Waals surface area contributed by atoms with Crippen LogP contribution in [0.2, 0.25) is 0 Å². The van der Waals surface area contributed by atoms with Gasteiger partial charge in [0.2, 0.25) is 0 Å². The zero-order chi connectivity index (χ0) is 21.8. The molecule has 0 fully saturated rings. The lowest BCUT2D eigenvalue weighted by Crippen LogP contribution is -2.23. The van der Waals surface area contributed by atoms with Gasteiger partial charge in [-0.3, -0.25) is 19.0 Å². The lowest BCUT2D eigenvalue weighted by atomic mass is 10.0. The van der Waals surface area contributed by atoms with Gasteiger partial charge in [0.25, 0.3) is 5.56 Å². The Balaban J connectivity index is 1.94. The normalized spacial score (nSPS) is 10.6. The van der Waals surface area contributed by atoms with Gasteiger partial charge in [0.15, 0.2) is 5.78 Å². The Kier molecular flexibility index (Phi) is 6.06. The van der Waals surface area contributed by atoms with E-state index < -0.39 is 23.0 Å². The molecule has 1 heterocycles. The minimum atomic E-state index is -1.02. The molecule has 0 saturated carbocycles. The maximum absolute atomic E-state index is 14.0. The molecule has 6 nitrogen and oxygen atoms in total. The van der Waals surface area contributed by atoms with Crippen LogP contribution < -0.4 is 11.3 Å². The molecule has 8 heteroatoms. The number of ketones is 1. The smallest absolute Gasteiger partial charge is 0.302 e. The van der Waals surface area contributed by atoms with E-state index in [2.05, 4.69) is 0 Å². The molecular formula is C22H18F2N2O4. The number of aromatic nitrogens is 1. The van der Waals surface area contributed by atoms with E-state index in [1.165, 1.54) is 13.0 Å². The number of benzene rings is 2. The van der Waals surface area contributed by atoms with Crippen molar-refractivity contribution in [3.8, 4) is 5.69 Å². The highest BCUT2D eigenvalue weighted by Gasteiger charge is 2.20. The van der Waals surface area contributed by atoms with Crippen LogP contribution in [0.5, 0.6) is 0 Å². The first-order valence-corrected chi connectivity index (χ1v) is 9.02. The van der Waals surface area contributed by atoms with Crippen molar-refractivity contribution in [2.45, 2.75) is 13.3 Å². The van der Waals surface area contributed by atoms with Crippen molar-refractivity contribution in [2.75, 3.05) is 12.3 Å². The Morgan fingerprint density at radius 2 is 1.67 bits per heavy atom. The number of nitrogens with zero attached hydrogens (tertiary/aromatic N) is 1. The molecule has 0 spiro atoms. The van der Waals surface area contributed by atoms with Gasteiger partial charge in [-0.25, -0.2) is 8.78 Å². The van der Waals surface area contributed by atoms with Gasteiger partial charge >= 0.3 is 5.97 Å². The van der Waals surface area contributed by atoms with Gasteiger partial charge in [0.1, 0.15) is 17.5 Å². The number of esters is 1. The standard InChI is InChI=1S/C22H18F2N2O4/c1-13(27)30-11-10-14-2-5-16(6-3-14)26-20(28)9-8-18(22(26)25)21(29)17-7-4-15(23)12-19(17)24/h2-9,12H,10-11,25H2,1H3. The van der Waals surface area contributed by atoms with Gasteiger partial charge < -0.3 is 10.5 Å². The third kappa shape index (κ3) is 4.43. The van der Waals surface area contributed by atoms with Crippen molar-refractivity contribution >= 4 is 17.6 Å². The SMILES string of the molecule is CC(=O)OCCc1ccc(-n2c(N)c(C(=O)c3ccc(F)cc3F)ccc2=O)cc1. The number of carbonyl (C=O) groups excluding carboxylic acids is 2. The second kappa shape index (κ2) is 8.69. The number of halogens is 2. The number of carbonyl (C=O) groups is 2. The van der Waals surface area contributed by atoms with E-state index in [0.29, 0.717) is 18.2 Å². The average molecular weight is 412 g/mol. The van der Waals surface area contributed by atoms with Crippen LogP contribution in [0.25, 0.3) is 5.69 Å². The third-order valence-electron chi connectivity index (χ3n) is 4.44. The fourth-order valence-electron chi connectivity index (χ4n) is 2.96. The maximum Gasteiger partial charge on any atom is 0.302 e. The van der Waals surface area contributed by atoms with Crippen molar-refractivity contribution in [3.05, 3.63) is 93.3 Å². The van der Waals surface area contributed by atoms with E-state index in [1.807, 2.05) is 0 Å². The number of hydrogen-bond donors (Lipinski definition) is 1. The summed E-state index contributed by atoms with van der Waals surface area (Å²) in [5.41, 5.74) is 6.43. The van der Waals surface area contributed by atoms with Crippen LogP contribution in [-0.4, -0.2) is 22.9 Å². The van der Waals surface area contributed by atoms with Crippen molar-refractivity contribution in [1.82, 2.24) is 4.57 Å². The summed E-state index contributed by atoms with van der Waals surface area (Å²) in [7, 11) is 0. The van der Waals surface area contributed by atoms with Gasteiger partial charge in [0, 0.05) is 25.5 Å². The maximum atomic E-state index is 14.0. The van der Waals surface area contributed by atoms with Gasteiger partial charge in [-0.2, -0.15) is 0 Å². The number of nitrogens with two attached hydrogens (primary N) is 1. The van der Waals surface area contributed by atoms with Crippen molar-refractivity contribution < 1.29 is 23.1 Å². The van der Waals surface area contributed by atoms with E-state index in [9.17, 15) is 23.2 Å². The van der Waals surface area contributed by atoms with Crippen LogP contribution >= 0.6 is 0 Å². The first-order chi connectivity index (χ1) is 14.3. The molecule has 2 aromatic carbocycles. The van der Waals surface area contributed by atoms with E-state index >= 15 is 0 Å². The number of pyridine rings is 1. The Hall–Kier alpha value is -3.81. The highest BCUT2D eigenvalue weighted by molar-refractivity contribution is 6.11. The number of hydrogen-bond acceptors (Lipinski definition) is 5. The molecule has 0 bridgehead atoms. The van der Waals surface area contributed by atoms with E-state index in [-0.39, 0.29) is 29.5 Å². The highest BCUT2D eigenvalue weighted by Crippen LogP contribution is 2.21. The average Bonchev–Trinajstić information content (AvgIpc) is 2.68. The Labute approximate surface area is 170 Å². The molecule has 3 rings (SSSR count). The minimum absolute atomic E-state index is 0.0842. The first-order valence-electron chi connectivity index (χ1n) is 9.02. The number of ether oxygens (including phenoxy) is 1. The lowest BCUT2D eigenvalue weighted by Gasteiger charge is -2.14. The van der Waals surface area contributed by atoms with E-state index in [4.69, 9.17) is 10.5 Å². The topological polar surface area (TPSA) is 91.4 Å². The number of anilines is 1. The zero-order valence-electron chi connectivity index (χ0n) is 16.0. The summed E-state index contributed by atoms with van der Waals surface area (Å²) in [6.45, 7) is 1.55. The Morgan fingerprint density at radius 3 is 2.30 bits per heavy atom. The molecule has 0 atom stereocenters. The summed E-state index contributed by atoms with van der Waals surface area (Å²) in [5.74, 6) is -3.13. The van der Waals surface area contributed by atoms with E-state index in [1.54, 1.807) is 24.3 Å². The Bertz CT molecular complexity index is 1170. The van der Waals surface area contributed by atoms with Crippen molar-refractivity contribution in [3.63, 3.8) is 0 Å².